The van der Waals surface area contributed by atoms with Gasteiger partial charge >= 0.3 is 0 Å². The van der Waals surface area contributed by atoms with Gasteiger partial charge in [-0.15, -0.1) is 0 Å². The summed E-state index contributed by atoms with van der Waals surface area (Å²) in [4.78, 5) is 18.3. The molecule has 1 unspecified atom stereocenters. The van der Waals surface area contributed by atoms with E-state index < -0.39 is 0 Å². The van der Waals surface area contributed by atoms with Crippen LogP contribution in [-0.2, 0) is 4.79 Å². The molecule has 0 saturated heterocycles. The van der Waals surface area contributed by atoms with Gasteiger partial charge in [0, 0.05) is 19.2 Å². The summed E-state index contributed by atoms with van der Waals surface area (Å²) in [5.41, 5.74) is 0.916. The van der Waals surface area contributed by atoms with Gasteiger partial charge in [-0.25, -0.2) is 0 Å². The smallest absolute Gasteiger partial charge is 0.227 e. The zero-order chi connectivity index (χ0) is 13.4. The zero-order valence-corrected chi connectivity index (χ0v) is 11.7. The second-order valence-corrected chi connectivity index (χ2v) is 4.83. The van der Waals surface area contributed by atoms with Crippen molar-refractivity contribution in [2.45, 2.75) is 46.5 Å². The summed E-state index contributed by atoms with van der Waals surface area (Å²) in [7, 11) is 0. The summed E-state index contributed by atoms with van der Waals surface area (Å²) >= 11 is 0. The maximum atomic E-state index is 12.3. The van der Waals surface area contributed by atoms with Crippen LogP contribution in [0.2, 0.25) is 0 Å². The van der Waals surface area contributed by atoms with Gasteiger partial charge in [0.15, 0.2) is 0 Å². The summed E-state index contributed by atoms with van der Waals surface area (Å²) < 4.78 is 0. The van der Waals surface area contributed by atoms with E-state index in [-0.39, 0.29) is 5.91 Å². The third kappa shape index (κ3) is 4.47. The van der Waals surface area contributed by atoms with Crippen molar-refractivity contribution in [3.05, 3.63) is 24.5 Å². The number of pyridine rings is 1. The fourth-order valence-electron chi connectivity index (χ4n) is 1.78. The molecule has 0 aliphatic rings. The molecular formula is C15H24N2O. The second kappa shape index (κ2) is 7.85. The molecule has 0 aliphatic heterocycles. The molecule has 0 aliphatic carbocycles. The Labute approximate surface area is 110 Å². The van der Waals surface area contributed by atoms with Crippen molar-refractivity contribution >= 4 is 11.6 Å². The lowest BCUT2D eigenvalue weighted by Crippen LogP contribution is -2.32. The number of unbranched alkanes of at least 4 members (excludes halogenated alkanes) is 1. The highest BCUT2D eigenvalue weighted by atomic mass is 16.2. The van der Waals surface area contributed by atoms with Crippen molar-refractivity contribution in [1.82, 2.24) is 4.98 Å². The van der Waals surface area contributed by atoms with Crippen molar-refractivity contribution in [3.63, 3.8) is 0 Å². The van der Waals surface area contributed by atoms with Crippen molar-refractivity contribution in [2.75, 3.05) is 11.4 Å². The van der Waals surface area contributed by atoms with E-state index in [1.807, 2.05) is 17.0 Å². The van der Waals surface area contributed by atoms with E-state index in [0.29, 0.717) is 12.3 Å². The number of aromatic nitrogens is 1. The number of amides is 1. The maximum absolute atomic E-state index is 12.3. The van der Waals surface area contributed by atoms with Gasteiger partial charge in [-0.1, -0.05) is 33.6 Å². The summed E-state index contributed by atoms with van der Waals surface area (Å²) in [6.45, 7) is 7.18. The monoisotopic (exact) mass is 248 g/mol. The minimum Gasteiger partial charge on any atom is -0.311 e. The molecule has 0 saturated carbocycles. The third-order valence-electron chi connectivity index (χ3n) is 3.21. The van der Waals surface area contributed by atoms with Crippen molar-refractivity contribution in [1.29, 1.82) is 0 Å². The van der Waals surface area contributed by atoms with Crippen LogP contribution in [0.5, 0.6) is 0 Å². The van der Waals surface area contributed by atoms with E-state index >= 15 is 0 Å². The molecule has 3 heteroatoms. The first-order valence-electron chi connectivity index (χ1n) is 6.89. The Morgan fingerprint density at radius 3 is 2.78 bits per heavy atom. The molecule has 0 spiro atoms. The third-order valence-corrected chi connectivity index (χ3v) is 3.21. The molecule has 1 atom stereocenters. The molecule has 3 nitrogen and oxygen atoms in total. The van der Waals surface area contributed by atoms with Gasteiger partial charge in [0.1, 0.15) is 0 Å². The van der Waals surface area contributed by atoms with E-state index in [2.05, 4.69) is 25.8 Å². The quantitative estimate of drug-likeness (QED) is 0.738. The highest BCUT2D eigenvalue weighted by molar-refractivity contribution is 5.93. The van der Waals surface area contributed by atoms with Crippen molar-refractivity contribution in [2.24, 2.45) is 5.92 Å². The highest BCUT2D eigenvalue weighted by Crippen LogP contribution is 2.17. The molecule has 0 aromatic carbocycles. The molecule has 100 valence electrons. The van der Waals surface area contributed by atoms with Gasteiger partial charge in [0.2, 0.25) is 5.91 Å². The predicted octanol–water partition coefficient (Wildman–Crippen LogP) is 3.65. The zero-order valence-electron chi connectivity index (χ0n) is 11.7. The van der Waals surface area contributed by atoms with Crippen molar-refractivity contribution < 1.29 is 4.79 Å². The van der Waals surface area contributed by atoms with Gasteiger partial charge in [-0.05, 0) is 24.5 Å². The Bertz CT molecular complexity index is 351. The number of hydrogen-bond donors (Lipinski definition) is 0. The fraction of sp³-hybridized carbons (Fsp3) is 0.600. The standard InChI is InChI=1S/C15H24N2O/c1-4-6-10-17(14-8-7-9-16-12-14)15(18)11-13(3)5-2/h7-9,12-13H,4-6,10-11H2,1-3H3. The topological polar surface area (TPSA) is 33.2 Å². The Hall–Kier alpha value is -1.38. The van der Waals surface area contributed by atoms with Crippen molar-refractivity contribution in [3.8, 4) is 0 Å². The number of nitrogens with zero attached hydrogens (tertiary/aromatic N) is 2. The minimum absolute atomic E-state index is 0.214. The Balaban J connectivity index is 2.75. The summed E-state index contributed by atoms with van der Waals surface area (Å²) in [6, 6.07) is 3.84. The van der Waals surface area contributed by atoms with Crippen LogP contribution < -0.4 is 4.90 Å². The Morgan fingerprint density at radius 2 is 2.22 bits per heavy atom. The van der Waals surface area contributed by atoms with Crippen LogP contribution in [0.25, 0.3) is 0 Å². The number of carbonyl (C=O) groups excluding carboxylic acids is 1. The van der Waals surface area contributed by atoms with Gasteiger partial charge in [0.05, 0.1) is 11.9 Å². The van der Waals surface area contributed by atoms with Crippen LogP contribution in [-0.4, -0.2) is 17.4 Å². The van der Waals surface area contributed by atoms with E-state index in [9.17, 15) is 4.79 Å². The highest BCUT2D eigenvalue weighted by Gasteiger charge is 2.17. The van der Waals surface area contributed by atoms with E-state index in [1.54, 1.807) is 12.4 Å². The van der Waals surface area contributed by atoms with Crippen LogP contribution in [0, 0.1) is 5.92 Å². The number of carbonyl (C=O) groups is 1. The molecular weight excluding hydrogens is 224 g/mol. The molecule has 1 rings (SSSR count). The SMILES string of the molecule is CCCCN(C(=O)CC(C)CC)c1cccnc1. The van der Waals surface area contributed by atoms with E-state index in [1.165, 1.54) is 0 Å². The van der Waals surface area contributed by atoms with Crippen LogP contribution in [0.1, 0.15) is 46.5 Å². The molecule has 0 bridgehead atoms. The predicted molar refractivity (Wildman–Crippen MR) is 75.6 cm³/mol. The molecule has 18 heavy (non-hydrogen) atoms. The summed E-state index contributed by atoms with van der Waals surface area (Å²) in [5, 5.41) is 0. The van der Waals surface area contributed by atoms with E-state index in [0.717, 1.165) is 31.5 Å². The average molecular weight is 248 g/mol. The van der Waals surface area contributed by atoms with Gasteiger partial charge < -0.3 is 4.90 Å². The first kappa shape index (κ1) is 14.7. The summed E-state index contributed by atoms with van der Waals surface area (Å²) in [5.74, 6) is 0.657. The molecule has 0 radical (unpaired) electrons. The van der Waals surface area contributed by atoms with Crippen LogP contribution >= 0.6 is 0 Å². The molecule has 1 amide bonds. The fourth-order valence-corrected chi connectivity index (χ4v) is 1.78. The Kier molecular flexibility index (Phi) is 6.40. The van der Waals surface area contributed by atoms with Gasteiger partial charge in [-0.3, -0.25) is 9.78 Å². The largest absolute Gasteiger partial charge is 0.311 e. The molecule has 0 fully saturated rings. The normalized spacial score (nSPS) is 12.2. The lowest BCUT2D eigenvalue weighted by Gasteiger charge is -2.23. The number of hydrogen-bond acceptors (Lipinski definition) is 2. The summed E-state index contributed by atoms with van der Waals surface area (Å²) in [6.07, 6.45) is 7.29. The second-order valence-electron chi connectivity index (χ2n) is 4.83. The molecule has 1 heterocycles. The minimum atomic E-state index is 0.214. The molecule has 0 N–H and O–H groups in total. The lowest BCUT2D eigenvalue weighted by molar-refractivity contribution is -0.119. The number of rotatable bonds is 7. The maximum Gasteiger partial charge on any atom is 0.227 e. The average Bonchev–Trinajstić information content (AvgIpc) is 2.40. The lowest BCUT2D eigenvalue weighted by atomic mass is 10.0. The first-order chi connectivity index (χ1) is 8.69. The molecule has 1 aromatic heterocycles. The van der Waals surface area contributed by atoms with Crippen LogP contribution in [0.4, 0.5) is 5.69 Å². The van der Waals surface area contributed by atoms with Gasteiger partial charge in [0.25, 0.3) is 0 Å². The van der Waals surface area contributed by atoms with Gasteiger partial charge in [-0.2, -0.15) is 0 Å². The Morgan fingerprint density at radius 1 is 1.44 bits per heavy atom. The van der Waals surface area contributed by atoms with Crippen LogP contribution in [0.15, 0.2) is 24.5 Å². The first-order valence-corrected chi connectivity index (χ1v) is 6.89. The number of anilines is 1. The van der Waals surface area contributed by atoms with E-state index in [4.69, 9.17) is 0 Å². The molecule has 1 aromatic rings. The van der Waals surface area contributed by atoms with Crippen LogP contribution in [0.3, 0.4) is 0 Å².